The molecule has 5 atom stereocenters. The summed E-state index contributed by atoms with van der Waals surface area (Å²) in [6.45, 7) is -0.441. The maximum absolute atomic E-state index is 10.1. The molecule has 8 nitrogen and oxygen atoms in total. The van der Waals surface area contributed by atoms with Crippen LogP contribution in [0.15, 0.2) is 22.8 Å². The van der Waals surface area contributed by atoms with Gasteiger partial charge >= 0.3 is 0 Å². The summed E-state index contributed by atoms with van der Waals surface area (Å²) in [5, 5.41) is 39.7. The second-order valence-electron chi connectivity index (χ2n) is 5.76. The predicted octanol–water partition coefficient (Wildman–Crippen LogP) is 0.121. The summed E-state index contributed by atoms with van der Waals surface area (Å²) >= 11 is 3.44. The third-order valence-electron chi connectivity index (χ3n) is 4.11. The van der Waals surface area contributed by atoms with Crippen LogP contribution in [0.5, 0.6) is 11.5 Å². The van der Waals surface area contributed by atoms with Gasteiger partial charge in [-0.1, -0.05) is 5.92 Å². The number of aliphatic hydroxyl groups excluding tert-OH is 4. The van der Waals surface area contributed by atoms with Crippen molar-refractivity contribution in [2.45, 2.75) is 30.7 Å². The Morgan fingerprint density at radius 2 is 1.96 bits per heavy atom. The maximum atomic E-state index is 10.1. The number of halogens is 1. The monoisotopic (exact) mass is 427 g/mol. The zero-order chi connectivity index (χ0) is 18.8. The number of terminal acetylenes is 1. The molecule has 140 valence electrons. The minimum Gasteiger partial charge on any atom is -0.480 e. The number of hydrogen-bond acceptors (Lipinski definition) is 7. The van der Waals surface area contributed by atoms with Crippen molar-refractivity contribution in [1.82, 2.24) is 4.98 Å². The second-order valence-corrected chi connectivity index (χ2v) is 6.55. The average molecular weight is 428 g/mol. The smallest absolute Gasteiger partial charge is 0.229 e. The summed E-state index contributed by atoms with van der Waals surface area (Å²) < 4.78 is 17.1. The van der Waals surface area contributed by atoms with Gasteiger partial charge in [0.15, 0.2) is 0 Å². The lowest BCUT2D eigenvalue weighted by molar-refractivity contribution is -0.277. The fourth-order valence-corrected chi connectivity index (χ4v) is 3.40. The van der Waals surface area contributed by atoms with Crippen LogP contribution < -0.4 is 9.47 Å². The highest BCUT2D eigenvalue weighted by Gasteiger charge is 2.44. The Labute approximate surface area is 157 Å². The van der Waals surface area contributed by atoms with Crippen LogP contribution >= 0.6 is 15.9 Å². The van der Waals surface area contributed by atoms with Gasteiger partial charge in [-0.15, -0.1) is 6.42 Å². The molecule has 1 aliphatic rings. The Kier molecular flexibility index (Phi) is 5.72. The number of aromatic amines is 1. The Bertz CT molecular complexity index is 815. The van der Waals surface area contributed by atoms with Gasteiger partial charge in [-0.25, -0.2) is 0 Å². The molecule has 0 aliphatic carbocycles. The van der Waals surface area contributed by atoms with E-state index < -0.39 is 37.3 Å². The van der Waals surface area contributed by atoms with E-state index in [-0.39, 0.29) is 6.61 Å². The van der Waals surface area contributed by atoms with Gasteiger partial charge in [0.25, 0.3) is 0 Å². The first-order valence-corrected chi connectivity index (χ1v) is 8.60. The molecule has 1 aromatic heterocycles. The molecule has 0 unspecified atom stereocenters. The van der Waals surface area contributed by atoms with Crippen molar-refractivity contribution in [3.63, 3.8) is 0 Å². The molecule has 0 bridgehead atoms. The lowest BCUT2D eigenvalue weighted by atomic mass is 9.99. The number of aliphatic hydroxyl groups is 4. The van der Waals surface area contributed by atoms with Gasteiger partial charge in [0, 0.05) is 6.20 Å². The normalized spacial score (nSPS) is 28.7. The standard InChI is InChI=1S/C17H18BrNO7/c1-2-5-24-9-4-3-8-12(13(9)18)10(6-19-8)25-17-16(23)15(22)14(21)11(7-20)26-17/h1,3-4,6,11,14-17,19-23H,5,7H2/t11-,14-,15+,16-,17-/m1/s1. The zero-order valence-corrected chi connectivity index (χ0v) is 15.1. The highest BCUT2D eigenvalue weighted by molar-refractivity contribution is 9.10. The van der Waals surface area contributed by atoms with E-state index in [4.69, 9.17) is 20.6 Å². The van der Waals surface area contributed by atoms with Crippen LogP contribution in [0.3, 0.4) is 0 Å². The molecule has 1 fully saturated rings. The van der Waals surface area contributed by atoms with E-state index in [0.29, 0.717) is 21.4 Å². The minimum absolute atomic E-state index is 0.0947. The van der Waals surface area contributed by atoms with E-state index in [9.17, 15) is 20.4 Å². The summed E-state index contributed by atoms with van der Waals surface area (Å²) in [7, 11) is 0. The van der Waals surface area contributed by atoms with Gasteiger partial charge in [-0.3, -0.25) is 0 Å². The first-order valence-electron chi connectivity index (χ1n) is 7.81. The predicted molar refractivity (Wildman–Crippen MR) is 94.7 cm³/mol. The number of H-pyrrole nitrogens is 1. The molecule has 2 heterocycles. The lowest BCUT2D eigenvalue weighted by Gasteiger charge is -2.39. The first kappa shape index (κ1) is 19.0. The number of ether oxygens (including phenoxy) is 3. The summed E-state index contributed by atoms with van der Waals surface area (Å²) in [5.74, 6) is 3.21. The lowest BCUT2D eigenvalue weighted by Crippen LogP contribution is -2.60. The Hall–Kier alpha value is -1.80. The van der Waals surface area contributed by atoms with Crippen LogP contribution in [0.4, 0.5) is 0 Å². The van der Waals surface area contributed by atoms with Crippen LogP contribution in [-0.2, 0) is 4.74 Å². The van der Waals surface area contributed by atoms with E-state index in [0.717, 1.165) is 5.52 Å². The van der Waals surface area contributed by atoms with Crippen LogP contribution in [-0.4, -0.2) is 69.3 Å². The molecule has 1 saturated heterocycles. The van der Waals surface area contributed by atoms with Gasteiger partial charge in [-0.05, 0) is 28.1 Å². The van der Waals surface area contributed by atoms with Crippen LogP contribution in [0, 0.1) is 12.3 Å². The molecule has 26 heavy (non-hydrogen) atoms. The molecule has 5 N–H and O–H groups in total. The first-order chi connectivity index (χ1) is 12.5. The summed E-state index contributed by atoms with van der Waals surface area (Å²) in [6.07, 6.45) is -0.0463. The van der Waals surface area contributed by atoms with Gasteiger partial charge in [-0.2, -0.15) is 0 Å². The van der Waals surface area contributed by atoms with Crippen molar-refractivity contribution in [2.75, 3.05) is 13.2 Å². The van der Waals surface area contributed by atoms with Crippen LogP contribution in [0.25, 0.3) is 10.9 Å². The molecule has 0 amide bonds. The highest BCUT2D eigenvalue weighted by atomic mass is 79.9. The average Bonchev–Trinajstić information content (AvgIpc) is 3.05. The van der Waals surface area contributed by atoms with Crippen molar-refractivity contribution in [1.29, 1.82) is 0 Å². The molecule has 3 rings (SSSR count). The van der Waals surface area contributed by atoms with Crippen molar-refractivity contribution in [3.8, 4) is 23.8 Å². The van der Waals surface area contributed by atoms with Crippen molar-refractivity contribution >= 4 is 26.8 Å². The van der Waals surface area contributed by atoms with Gasteiger partial charge in [0.1, 0.15) is 42.5 Å². The molecule has 0 radical (unpaired) electrons. The molecule has 1 aliphatic heterocycles. The SMILES string of the molecule is C#CCOc1ccc2[nH]cc(O[C@@H]3O[C@H](CO)[C@@H](O)[C@H](O)[C@H]3O)c2c1Br. The van der Waals surface area contributed by atoms with Crippen LogP contribution in [0.1, 0.15) is 0 Å². The quantitative estimate of drug-likeness (QED) is 0.429. The van der Waals surface area contributed by atoms with Gasteiger partial charge < -0.3 is 39.6 Å². The third kappa shape index (κ3) is 3.40. The third-order valence-corrected chi connectivity index (χ3v) is 4.90. The number of nitrogens with one attached hydrogen (secondary N) is 1. The number of aromatic nitrogens is 1. The van der Waals surface area contributed by atoms with E-state index >= 15 is 0 Å². The Balaban J connectivity index is 1.90. The number of benzene rings is 1. The van der Waals surface area contributed by atoms with Crippen LogP contribution in [0.2, 0.25) is 0 Å². The van der Waals surface area contributed by atoms with Crippen molar-refractivity contribution in [3.05, 3.63) is 22.8 Å². The topological polar surface area (TPSA) is 124 Å². The van der Waals surface area contributed by atoms with Crippen molar-refractivity contribution < 1.29 is 34.6 Å². The summed E-state index contributed by atoms with van der Waals surface area (Å²) in [4.78, 5) is 3.01. The Morgan fingerprint density at radius 3 is 2.65 bits per heavy atom. The molecular formula is C17H18BrNO7. The van der Waals surface area contributed by atoms with E-state index in [2.05, 4.69) is 26.8 Å². The van der Waals surface area contributed by atoms with Gasteiger partial charge in [0.05, 0.1) is 22.0 Å². The molecule has 2 aromatic rings. The zero-order valence-electron chi connectivity index (χ0n) is 13.5. The Morgan fingerprint density at radius 1 is 1.19 bits per heavy atom. The summed E-state index contributed by atoms with van der Waals surface area (Å²) in [5.41, 5.74) is 0.726. The van der Waals surface area contributed by atoms with Gasteiger partial charge in [0.2, 0.25) is 6.29 Å². The molecule has 0 spiro atoms. The minimum atomic E-state index is -1.52. The van der Waals surface area contributed by atoms with E-state index in [1.54, 1.807) is 18.3 Å². The molecule has 0 saturated carbocycles. The fraction of sp³-hybridized carbons (Fsp3) is 0.412. The maximum Gasteiger partial charge on any atom is 0.229 e. The number of rotatable bonds is 5. The number of hydrogen-bond donors (Lipinski definition) is 5. The van der Waals surface area contributed by atoms with E-state index in [1.807, 2.05) is 0 Å². The largest absolute Gasteiger partial charge is 0.480 e. The van der Waals surface area contributed by atoms with Crippen molar-refractivity contribution in [2.24, 2.45) is 0 Å². The molecule has 1 aromatic carbocycles. The molecular weight excluding hydrogens is 410 g/mol. The fourth-order valence-electron chi connectivity index (χ4n) is 2.75. The summed E-state index contributed by atoms with van der Waals surface area (Å²) in [6, 6.07) is 3.50. The van der Waals surface area contributed by atoms with E-state index in [1.165, 1.54) is 0 Å². The second kappa shape index (κ2) is 7.84. The highest BCUT2D eigenvalue weighted by Crippen LogP contribution is 2.39. The molecule has 9 heteroatoms. The number of fused-ring (bicyclic) bond motifs is 1.